The van der Waals surface area contributed by atoms with E-state index >= 15 is 0 Å². The topological polar surface area (TPSA) is 92.8 Å². The van der Waals surface area contributed by atoms with Crippen LogP contribution in [0, 0.1) is 5.82 Å². The maximum absolute atomic E-state index is 13.2. The van der Waals surface area contributed by atoms with Crippen molar-refractivity contribution in [3.8, 4) is 0 Å². The summed E-state index contributed by atoms with van der Waals surface area (Å²) in [5.74, 6) is -1.14. The van der Waals surface area contributed by atoms with E-state index in [-0.39, 0.29) is 10.8 Å². The number of esters is 1. The number of benzene rings is 3. The lowest BCUT2D eigenvalue weighted by atomic mass is 10.0. The molecule has 1 aliphatic rings. The van der Waals surface area contributed by atoms with Crippen LogP contribution >= 0.6 is 0 Å². The van der Waals surface area contributed by atoms with E-state index in [2.05, 4.69) is 4.72 Å². The second-order valence-corrected chi connectivity index (χ2v) is 10.2. The molecule has 0 atom stereocenters. The summed E-state index contributed by atoms with van der Waals surface area (Å²) in [7, 11) is -3.90. The SMILES string of the molecule is CCCCOC(=O)c1ccc(NS(=O)(=O)c2ccc3c(c2)CCCN3C(=O)c2ccc(F)cc2)cc1. The van der Waals surface area contributed by atoms with Crippen LogP contribution in [-0.2, 0) is 21.2 Å². The molecular formula is C27H27FN2O5S. The third-order valence-corrected chi connectivity index (χ3v) is 7.30. The van der Waals surface area contributed by atoms with Crippen molar-refractivity contribution < 1.29 is 27.1 Å². The fourth-order valence-corrected chi connectivity index (χ4v) is 5.09. The number of anilines is 2. The Bertz CT molecular complexity index is 1360. The van der Waals surface area contributed by atoms with Gasteiger partial charge in [-0.05, 0) is 91.6 Å². The zero-order chi connectivity index (χ0) is 25.7. The smallest absolute Gasteiger partial charge is 0.338 e. The predicted octanol–water partition coefficient (Wildman–Crippen LogP) is 5.18. The van der Waals surface area contributed by atoms with Gasteiger partial charge < -0.3 is 9.64 Å². The van der Waals surface area contributed by atoms with Crippen LogP contribution in [0.15, 0.2) is 71.6 Å². The maximum atomic E-state index is 13.2. The molecule has 36 heavy (non-hydrogen) atoms. The van der Waals surface area contributed by atoms with E-state index in [4.69, 9.17) is 4.74 Å². The first-order valence-corrected chi connectivity index (χ1v) is 13.3. The zero-order valence-corrected chi connectivity index (χ0v) is 20.7. The molecule has 0 spiro atoms. The highest BCUT2D eigenvalue weighted by atomic mass is 32.2. The van der Waals surface area contributed by atoms with Gasteiger partial charge >= 0.3 is 5.97 Å². The number of amides is 1. The minimum atomic E-state index is -3.90. The van der Waals surface area contributed by atoms with Crippen molar-refractivity contribution in [1.29, 1.82) is 0 Å². The van der Waals surface area contributed by atoms with E-state index in [9.17, 15) is 22.4 Å². The Hall–Kier alpha value is -3.72. The summed E-state index contributed by atoms with van der Waals surface area (Å²) in [6.45, 7) is 2.83. The summed E-state index contributed by atoms with van der Waals surface area (Å²) in [4.78, 5) is 26.7. The molecule has 3 aromatic carbocycles. The Morgan fingerprint density at radius 2 is 1.69 bits per heavy atom. The lowest BCUT2D eigenvalue weighted by molar-refractivity contribution is 0.0499. The third kappa shape index (κ3) is 5.73. The first kappa shape index (κ1) is 25.4. The van der Waals surface area contributed by atoms with E-state index in [0.29, 0.717) is 48.5 Å². The molecule has 1 heterocycles. The Morgan fingerprint density at radius 3 is 2.39 bits per heavy atom. The molecule has 1 amide bonds. The summed E-state index contributed by atoms with van der Waals surface area (Å²) in [6, 6.07) is 16.0. The molecular weight excluding hydrogens is 483 g/mol. The molecule has 3 aromatic rings. The number of rotatable bonds is 8. The van der Waals surface area contributed by atoms with E-state index in [1.807, 2.05) is 6.92 Å². The van der Waals surface area contributed by atoms with E-state index in [0.717, 1.165) is 18.4 Å². The predicted molar refractivity (Wildman–Crippen MR) is 135 cm³/mol. The quantitative estimate of drug-likeness (QED) is 0.333. The number of hydrogen-bond acceptors (Lipinski definition) is 5. The lowest BCUT2D eigenvalue weighted by Gasteiger charge is -2.30. The number of hydrogen-bond donors (Lipinski definition) is 1. The van der Waals surface area contributed by atoms with Crippen LogP contribution in [0.4, 0.5) is 15.8 Å². The van der Waals surface area contributed by atoms with Crippen molar-refractivity contribution in [2.45, 2.75) is 37.5 Å². The number of carbonyl (C=O) groups excluding carboxylic acids is 2. The number of carbonyl (C=O) groups is 2. The minimum absolute atomic E-state index is 0.0698. The van der Waals surface area contributed by atoms with Crippen molar-refractivity contribution >= 4 is 33.3 Å². The van der Waals surface area contributed by atoms with Gasteiger partial charge in [-0.2, -0.15) is 0 Å². The van der Waals surface area contributed by atoms with Crippen molar-refractivity contribution in [1.82, 2.24) is 0 Å². The van der Waals surface area contributed by atoms with Gasteiger partial charge in [-0.1, -0.05) is 13.3 Å². The van der Waals surface area contributed by atoms with E-state index < -0.39 is 21.8 Å². The van der Waals surface area contributed by atoms with Crippen LogP contribution in [0.2, 0.25) is 0 Å². The van der Waals surface area contributed by atoms with Gasteiger partial charge in [0.2, 0.25) is 0 Å². The van der Waals surface area contributed by atoms with Crippen molar-refractivity contribution in [2.24, 2.45) is 0 Å². The molecule has 4 rings (SSSR count). The summed E-state index contributed by atoms with van der Waals surface area (Å²) in [5.41, 5.74) is 2.39. The van der Waals surface area contributed by atoms with Crippen LogP contribution in [0.25, 0.3) is 0 Å². The summed E-state index contributed by atoms with van der Waals surface area (Å²) in [6.07, 6.45) is 3.00. The highest BCUT2D eigenvalue weighted by molar-refractivity contribution is 7.92. The fraction of sp³-hybridized carbons (Fsp3) is 0.259. The number of aryl methyl sites for hydroxylation is 1. The second-order valence-electron chi connectivity index (χ2n) is 8.53. The molecule has 1 aliphatic heterocycles. The maximum Gasteiger partial charge on any atom is 0.338 e. The Labute approximate surface area is 209 Å². The van der Waals surface area contributed by atoms with Gasteiger partial charge in [0.05, 0.1) is 17.1 Å². The molecule has 0 saturated carbocycles. The van der Waals surface area contributed by atoms with Crippen LogP contribution in [0.1, 0.15) is 52.5 Å². The normalized spacial score (nSPS) is 13.1. The van der Waals surface area contributed by atoms with Gasteiger partial charge in [0.25, 0.3) is 15.9 Å². The monoisotopic (exact) mass is 510 g/mol. The average molecular weight is 511 g/mol. The second kappa shape index (κ2) is 10.9. The Morgan fingerprint density at radius 1 is 1.00 bits per heavy atom. The molecule has 0 fully saturated rings. The third-order valence-electron chi connectivity index (χ3n) is 5.92. The molecule has 0 bridgehead atoms. The van der Waals surface area contributed by atoms with Crippen LogP contribution in [-0.4, -0.2) is 33.4 Å². The number of sulfonamides is 1. The number of ether oxygens (including phenoxy) is 1. The Balaban J connectivity index is 1.49. The molecule has 0 unspecified atom stereocenters. The largest absolute Gasteiger partial charge is 0.462 e. The molecule has 188 valence electrons. The molecule has 0 radical (unpaired) electrons. The molecule has 0 saturated heterocycles. The van der Waals surface area contributed by atoms with Crippen molar-refractivity contribution in [3.05, 3.63) is 89.2 Å². The van der Waals surface area contributed by atoms with Gasteiger partial charge in [-0.25, -0.2) is 17.6 Å². The van der Waals surface area contributed by atoms with Gasteiger partial charge in [0.1, 0.15) is 5.82 Å². The Kier molecular flexibility index (Phi) is 7.69. The standard InChI is InChI=1S/C27H27FN2O5S/c1-2-3-17-35-27(32)20-8-12-23(13-9-20)29-36(33,34)24-14-15-25-21(18-24)5-4-16-30(25)26(31)19-6-10-22(28)11-7-19/h6-15,18,29H,2-5,16-17H2,1H3. The summed E-state index contributed by atoms with van der Waals surface area (Å²) >= 11 is 0. The number of fused-ring (bicyclic) bond motifs is 1. The van der Waals surface area contributed by atoms with Gasteiger partial charge in [-0.3, -0.25) is 9.52 Å². The number of unbranched alkanes of at least 4 members (excludes halogenated alkanes) is 1. The fourth-order valence-electron chi connectivity index (χ4n) is 3.98. The van der Waals surface area contributed by atoms with E-state index in [1.165, 1.54) is 54.6 Å². The van der Waals surface area contributed by atoms with Gasteiger partial charge in [-0.15, -0.1) is 0 Å². The van der Waals surface area contributed by atoms with Crippen molar-refractivity contribution in [3.63, 3.8) is 0 Å². The first-order chi connectivity index (χ1) is 17.3. The van der Waals surface area contributed by atoms with Gasteiger partial charge in [0.15, 0.2) is 0 Å². The average Bonchev–Trinajstić information content (AvgIpc) is 2.88. The highest BCUT2D eigenvalue weighted by Gasteiger charge is 2.26. The number of nitrogens with one attached hydrogen (secondary N) is 1. The van der Waals surface area contributed by atoms with Crippen LogP contribution in [0.5, 0.6) is 0 Å². The van der Waals surface area contributed by atoms with Crippen LogP contribution in [0.3, 0.4) is 0 Å². The molecule has 9 heteroatoms. The number of halogens is 1. The first-order valence-electron chi connectivity index (χ1n) is 11.8. The highest BCUT2D eigenvalue weighted by Crippen LogP contribution is 2.31. The van der Waals surface area contributed by atoms with Crippen molar-refractivity contribution in [2.75, 3.05) is 22.8 Å². The lowest BCUT2D eigenvalue weighted by Crippen LogP contribution is -2.35. The zero-order valence-electron chi connectivity index (χ0n) is 19.9. The molecule has 1 N–H and O–H groups in total. The molecule has 0 aliphatic carbocycles. The number of nitrogens with zero attached hydrogens (tertiary/aromatic N) is 1. The molecule has 0 aromatic heterocycles. The summed E-state index contributed by atoms with van der Waals surface area (Å²) in [5, 5.41) is 0. The van der Waals surface area contributed by atoms with E-state index in [1.54, 1.807) is 17.0 Å². The summed E-state index contributed by atoms with van der Waals surface area (Å²) < 4.78 is 47.0. The van der Waals surface area contributed by atoms with Crippen LogP contribution < -0.4 is 9.62 Å². The molecule has 7 nitrogen and oxygen atoms in total. The minimum Gasteiger partial charge on any atom is -0.462 e. The van der Waals surface area contributed by atoms with Gasteiger partial charge in [0, 0.05) is 23.5 Å².